The molecule has 93 heavy (non-hydrogen) atoms. The van der Waals surface area contributed by atoms with Gasteiger partial charge in [0.15, 0.2) is 22.8 Å². The van der Waals surface area contributed by atoms with Crippen LogP contribution in [0.25, 0.3) is 188 Å². The topological polar surface area (TPSA) is 147 Å². The molecule has 0 amide bonds. The van der Waals surface area contributed by atoms with Gasteiger partial charge in [0.05, 0.1) is 11.1 Å². The Morgan fingerprint density at radius 3 is 1.04 bits per heavy atom. The van der Waals surface area contributed by atoms with Gasteiger partial charge in [0.25, 0.3) is 0 Å². The van der Waals surface area contributed by atoms with Crippen molar-refractivity contribution in [2.75, 3.05) is 0 Å². The minimum atomic E-state index is 0.531. The first kappa shape index (κ1) is 53.8. The molecule has 0 radical (unpaired) electrons. The van der Waals surface area contributed by atoms with E-state index in [1.54, 1.807) is 12.1 Å². The quantitative estimate of drug-likeness (QED) is 0.147. The van der Waals surface area contributed by atoms with Gasteiger partial charge in [-0.05, 0) is 90.0 Å². The van der Waals surface area contributed by atoms with E-state index >= 15 is 0 Å². The third-order valence-corrected chi connectivity index (χ3v) is 17.5. The normalized spacial score (nSPS) is 11.7. The molecule has 8 aromatic heterocycles. The molecule has 13 heteroatoms. The van der Waals surface area contributed by atoms with Gasteiger partial charge in [0.1, 0.15) is 78.3 Å². The molecule has 0 aliphatic carbocycles. The van der Waals surface area contributed by atoms with E-state index in [9.17, 15) is 4.70 Å². The Morgan fingerprint density at radius 1 is 0.269 bits per heavy atom. The molecule has 20 rings (SSSR count). The van der Waals surface area contributed by atoms with Crippen LogP contribution >= 0.6 is 11.6 Å². The van der Waals surface area contributed by atoms with E-state index in [0.717, 1.165) is 156 Å². The van der Waals surface area contributed by atoms with Gasteiger partial charge in [0, 0.05) is 70.0 Å². The Labute approximate surface area is 532 Å². The molecule has 0 bridgehead atoms. The Balaban J connectivity index is 0.000000123. The summed E-state index contributed by atoms with van der Waals surface area (Å²) in [6.07, 6.45) is 0. The van der Waals surface area contributed by atoms with Crippen LogP contribution in [0.15, 0.2) is 293 Å². The van der Waals surface area contributed by atoms with Crippen LogP contribution in [-0.4, -0.2) is 27.1 Å². The number of para-hydroxylation sites is 8. The average molecular weight is 1220 g/mol. The van der Waals surface area contributed by atoms with E-state index in [-0.39, 0.29) is 0 Å². The zero-order valence-electron chi connectivity index (χ0n) is 49.0. The number of hydrogen-bond donors (Lipinski definition) is 0. The van der Waals surface area contributed by atoms with Gasteiger partial charge in [-0.3, -0.25) is 0 Å². The first-order valence-electron chi connectivity index (χ1n) is 30.3. The molecule has 11 nitrogen and oxygen atoms in total. The van der Waals surface area contributed by atoms with E-state index in [1.165, 1.54) is 0 Å². The predicted octanol–water partition coefficient (Wildman–Crippen LogP) is 21.7. The summed E-state index contributed by atoms with van der Waals surface area (Å²) in [5.74, 6) is 1.09. The second kappa shape index (κ2) is 21.8. The van der Waals surface area contributed by atoms with Crippen molar-refractivity contribution in [2.45, 2.75) is 0 Å². The summed E-state index contributed by atoms with van der Waals surface area (Å²) in [4.78, 5) is 20.6. The fourth-order valence-corrected chi connectivity index (χ4v) is 13.1. The molecule has 436 valence electrons. The summed E-state index contributed by atoms with van der Waals surface area (Å²) in [7, 11) is 0.833. The smallest absolute Gasteiger partial charge is 0.180 e. The molecule has 0 unspecified atom stereocenters. The minimum absolute atomic E-state index is 0.531. The molecule has 0 saturated carbocycles. The first-order chi connectivity index (χ1) is 46.0. The van der Waals surface area contributed by atoms with Crippen LogP contribution in [-0.2, 0) is 4.70 Å². The summed E-state index contributed by atoms with van der Waals surface area (Å²) in [5, 5.41) is 10.6. The number of furan rings is 6. The van der Waals surface area contributed by atoms with Crippen LogP contribution in [0.1, 0.15) is 0 Å². The molecule has 20 aromatic rings. The molecular formula is C80H44BClN4O7. The Kier molecular flexibility index (Phi) is 12.6. The van der Waals surface area contributed by atoms with Gasteiger partial charge in [-0.25, -0.2) is 19.9 Å². The van der Waals surface area contributed by atoms with Gasteiger partial charge in [-0.1, -0.05) is 169 Å². The van der Waals surface area contributed by atoms with Crippen LogP contribution in [0.5, 0.6) is 0 Å². The van der Waals surface area contributed by atoms with E-state index in [2.05, 4.69) is 72.8 Å². The molecular weight excluding hydrogens is 1180 g/mol. The summed E-state index contributed by atoms with van der Waals surface area (Å²) in [6.45, 7) is 0. The number of aromatic nitrogens is 4. The maximum atomic E-state index is 10.0. The fourth-order valence-electron chi connectivity index (χ4n) is 12.9. The summed E-state index contributed by atoms with van der Waals surface area (Å²) < 4.78 is 48.6. The van der Waals surface area contributed by atoms with Crippen LogP contribution < -0.4 is 5.46 Å². The zero-order valence-corrected chi connectivity index (χ0v) is 49.8. The van der Waals surface area contributed by atoms with Gasteiger partial charge in [-0.15, -0.1) is 0 Å². The van der Waals surface area contributed by atoms with Crippen molar-refractivity contribution in [1.82, 2.24) is 19.9 Å². The van der Waals surface area contributed by atoms with Crippen LogP contribution in [0.4, 0.5) is 0 Å². The SMILES string of the molecule is Clc1ccc2oc3c(-c4cccc5c4oc4ccccc45)nc(-c4cccc5c4oc4ccccc45)nc3c2c1.O=Bc1ccccc1.c1ccc(-c2ccc3oc4c(-c5cccc6c5oc5ccccc56)nc(-c5cccc6c5oc5ccccc56)nc4c3c2)cc1. The van der Waals surface area contributed by atoms with Crippen molar-refractivity contribution < 1.29 is 31.2 Å². The fraction of sp³-hybridized carbons (Fsp3) is 0. The third-order valence-electron chi connectivity index (χ3n) is 17.2. The van der Waals surface area contributed by atoms with Gasteiger partial charge in [-0.2, -0.15) is 0 Å². The summed E-state index contributed by atoms with van der Waals surface area (Å²) in [6, 6.07) is 88.0. The van der Waals surface area contributed by atoms with Crippen molar-refractivity contribution in [2.24, 2.45) is 0 Å². The number of halogens is 1. The Morgan fingerprint density at radius 2 is 0.613 bits per heavy atom. The number of nitrogens with zero attached hydrogens (tertiary/aromatic N) is 4. The number of benzene rings is 12. The second-order valence-corrected chi connectivity index (χ2v) is 23.2. The molecule has 8 heterocycles. The Hall–Kier alpha value is -12.2. The molecule has 0 N–H and O–H groups in total. The molecule has 0 aliphatic heterocycles. The van der Waals surface area contributed by atoms with E-state index in [4.69, 9.17) is 58.0 Å². The molecule has 0 atom stereocenters. The number of rotatable bonds is 6. The van der Waals surface area contributed by atoms with Crippen LogP contribution in [0.3, 0.4) is 0 Å². The Bertz CT molecular complexity index is 6380. The monoisotopic (exact) mass is 1220 g/mol. The summed E-state index contributed by atoms with van der Waals surface area (Å²) in [5.41, 5.74) is 17.9. The largest absolute Gasteiger partial charge is 0.455 e. The van der Waals surface area contributed by atoms with Crippen molar-refractivity contribution in [3.63, 3.8) is 0 Å². The molecule has 0 fully saturated rings. The number of hydrogen-bond acceptors (Lipinski definition) is 11. The predicted molar refractivity (Wildman–Crippen MR) is 372 cm³/mol. The number of fused-ring (bicyclic) bond motifs is 18. The van der Waals surface area contributed by atoms with Gasteiger partial charge in [0.2, 0.25) is 0 Å². The van der Waals surface area contributed by atoms with Crippen molar-refractivity contribution in [3.8, 4) is 56.4 Å². The average Bonchev–Trinajstić information content (AvgIpc) is 1.62. The summed E-state index contributed by atoms with van der Waals surface area (Å²) >= 11 is 6.42. The van der Waals surface area contributed by atoms with Crippen LogP contribution in [0.2, 0.25) is 5.02 Å². The zero-order chi connectivity index (χ0) is 61.7. The minimum Gasteiger partial charge on any atom is -0.455 e. The van der Waals surface area contributed by atoms with Crippen LogP contribution in [0, 0.1) is 0 Å². The molecule has 0 aliphatic rings. The second-order valence-electron chi connectivity index (χ2n) is 22.7. The van der Waals surface area contributed by atoms with E-state index < -0.39 is 0 Å². The standard InChI is InChI=1S/C40H22N2O3.C34H17ClN2O3.C6H5BO/c1-2-10-23(11-3-1)24-20-21-34-31(22-24)36-39(45-34)35(29-16-8-14-27-25-12-4-6-18-32(25)43-37(27)29)41-40(42-36)30-17-9-15-28-26-13-5-7-19-33(26)44-38(28)30;35-18-15-16-28-25(17-18)30-33(40-28)29(23-11-5-9-21-19-7-1-3-13-26(19)38-31(21)23)36-34(37-30)24-12-6-10-22-20-8-2-4-14-27(20)39-32(22)24;8-7-6-4-2-1-3-5-6/h1-22H;1-17H;1-5H. The molecule has 12 aromatic carbocycles. The van der Waals surface area contributed by atoms with Crippen molar-refractivity contribution in [3.05, 3.63) is 272 Å². The molecule has 0 saturated heterocycles. The first-order valence-corrected chi connectivity index (χ1v) is 30.7. The van der Waals surface area contributed by atoms with E-state index in [1.807, 2.05) is 182 Å². The molecule has 0 spiro atoms. The van der Waals surface area contributed by atoms with E-state index in [0.29, 0.717) is 50.3 Å². The maximum absolute atomic E-state index is 10.0. The van der Waals surface area contributed by atoms with Gasteiger partial charge >= 0.3 is 47.6 Å². The van der Waals surface area contributed by atoms with Crippen molar-refractivity contribution >= 4 is 156 Å². The third kappa shape index (κ3) is 8.98. The maximum Gasteiger partial charge on any atom is 0.180 e. The van der Waals surface area contributed by atoms with Crippen molar-refractivity contribution in [1.29, 1.82) is 0 Å². The van der Waals surface area contributed by atoms with Gasteiger partial charge < -0.3 is 26.5 Å².